The van der Waals surface area contributed by atoms with Gasteiger partial charge in [0, 0.05) is 18.4 Å². The third-order valence-electron chi connectivity index (χ3n) is 2.49. The molecule has 1 atom stereocenters. The van der Waals surface area contributed by atoms with Gasteiger partial charge in [-0.3, -0.25) is 9.59 Å². The van der Waals surface area contributed by atoms with Crippen LogP contribution in [-0.2, 0) is 19.1 Å². The molecular weight excluding hydrogens is 252 g/mol. The lowest BCUT2D eigenvalue weighted by Crippen LogP contribution is -2.42. The van der Waals surface area contributed by atoms with E-state index in [-0.39, 0.29) is 19.3 Å². The normalized spacial score (nSPS) is 12.6. The van der Waals surface area contributed by atoms with Crippen LogP contribution >= 0.6 is 0 Å². The lowest BCUT2D eigenvalue weighted by molar-refractivity contribution is -0.144. The lowest BCUT2D eigenvalue weighted by Gasteiger charge is -2.19. The van der Waals surface area contributed by atoms with Crippen LogP contribution in [0.3, 0.4) is 0 Å². The number of carbonyl (C=O) groups is 3. The molecule has 0 spiro atoms. The minimum atomic E-state index is -1.18. The van der Waals surface area contributed by atoms with Gasteiger partial charge in [-0.15, -0.1) is 0 Å². The second kappa shape index (κ2) is 7.73. The number of carboxylic acid groups (broad SMARTS) is 1. The number of amides is 1. The van der Waals surface area contributed by atoms with Crippen LogP contribution in [-0.4, -0.2) is 41.6 Å². The van der Waals surface area contributed by atoms with Gasteiger partial charge in [0.05, 0.1) is 7.11 Å². The summed E-state index contributed by atoms with van der Waals surface area (Å²) in [7, 11) is 1.22. The van der Waals surface area contributed by atoms with Gasteiger partial charge in [0.2, 0.25) is 5.91 Å². The molecule has 4 N–H and O–H groups in total. The minimum absolute atomic E-state index is 0.000234. The number of nitrogens with one attached hydrogen (secondary N) is 1. The molecule has 110 valence electrons. The highest BCUT2D eigenvalue weighted by Gasteiger charge is 2.22. The van der Waals surface area contributed by atoms with Gasteiger partial charge in [-0.25, -0.2) is 4.79 Å². The van der Waals surface area contributed by atoms with Crippen molar-refractivity contribution < 1.29 is 24.2 Å². The second-order valence-corrected chi connectivity index (χ2v) is 5.06. The standard InChI is InChI=1S/C12H22N2O5/c1-12(2,13)7-6-9(15)14-8(11(17)18)4-5-10(16)19-3/h8H,4-7,13H2,1-3H3,(H,14,15)(H,17,18)/t8-/m1/s1. The zero-order valence-corrected chi connectivity index (χ0v) is 11.6. The Morgan fingerprint density at radius 2 is 1.89 bits per heavy atom. The molecule has 0 rings (SSSR count). The summed E-state index contributed by atoms with van der Waals surface area (Å²) < 4.78 is 4.42. The Balaban J connectivity index is 4.23. The first-order valence-electron chi connectivity index (χ1n) is 6.03. The van der Waals surface area contributed by atoms with Gasteiger partial charge in [0.25, 0.3) is 0 Å². The highest BCUT2D eigenvalue weighted by molar-refractivity contribution is 5.84. The van der Waals surface area contributed by atoms with Gasteiger partial charge < -0.3 is 20.9 Å². The zero-order valence-electron chi connectivity index (χ0n) is 11.6. The van der Waals surface area contributed by atoms with Crippen LogP contribution in [0.15, 0.2) is 0 Å². The van der Waals surface area contributed by atoms with Crippen molar-refractivity contribution in [1.82, 2.24) is 5.32 Å². The van der Waals surface area contributed by atoms with Crippen molar-refractivity contribution >= 4 is 17.8 Å². The summed E-state index contributed by atoms with van der Waals surface area (Å²) in [6.45, 7) is 3.57. The summed E-state index contributed by atoms with van der Waals surface area (Å²) in [6.07, 6.45) is 0.531. The van der Waals surface area contributed by atoms with Crippen molar-refractivity contribution in [2.45, 2.75) is 51.1 Å². The molecule has 0 heterocycles. The number of methoxy groups -OCH3 is 1. The number of rotatable bonds is 8. The number of carbonyl (C=O) groups excluding carboxylic acids is 2. The number of aliphatic carboxylic acids is 1. The largest absolute Gasteiger partial charge is 0.480 e. The average Bonchev–Trinajstić information content (AvgIpc) is 2.30. The van der Waals surface area contributed by atoms with Gasteiger partial charge in [-0.1, -0.05) is 0 Å². The third-order valence-corrected chi connectivity index (χ3v) is 2.49. The molecule has 19 heavy (non-hydrogen) atoms. The lowest BCUT2D eigenvalue weighted by atomic mass is 9.99. The predicted molar refractivity (Wildman–Crippen MR) is 68.3 cm³/mol. The quantitative estimate of drug-likeness (QED) is 0.537. The van der Waals surface area contributed by atoms with Crippen molar-refractivity contribution in [2.75, 3.05) is 7.11 Å². The fourth-order valence-electron chi connectivity index (χ4n) is 1.32. The van der Waals surface area contributed by atoms with Gasteiger partial charge in [-0.2, -0.15) is 0 Å². The van der Waals surface area contributed by atoms with E-state index in [1.54, 1.807) is 13.8 Å². The molecule has 0 fully saturated rings. The number of esters is 1. The van der Waals surface area contributed by atoms with E-state index >= 15 is 0 Å². The summed E-state index contributed by atoms with van der Waals surface area (Å²) in [5, 5.41) is 11.3. The molecule has 0 aliphatic rings. The molecule has 0 unspecified atom stereocenters. The topological polar surface area (TPSA) is 119 Å². The van der Waals surface area contributed by atoms with Crippen LogP contribution in [0.25, 0.3) is 0 Å². The average molecular weight is 274 g/mol. The second-order valence-electron chi connectivity index (χ2n) is 5.06. The van der Waals surface area contributed by atoms with Crippen LogP contribution in [0, 0.1) is 0 Å². The highest BCUT2D eigenvalue weighted by atomic mass is 16.5. The van der Waals surface area contributed by atoms with Crippen molar-refractivity contribution in [1.29, 1.82) is 0 Å². The smallest absolute Gasteiger partial charge is 0.326 e. The van der Waals surface area contributed by atoms with E-state index in [0.29, 0.717) is 6.42 Å². The first-order chi connectivity index (χ1) is 8.65. The summed E-state index contributed by atoms with van der Waals surface area (Å²) in [4.78, 5) is 33.5. The maximum atomic E-state index is 11.6. The first-order valence-corrected chi connectivity index (χ1v) is 6.03. The summed E-state index contributed by atoms with van der Waals surface area (Å²) in [6, 6.07) is -1.09. The Hall–Kier alpha value is -1.63. The third kappa shape index (κ3) is 9.01. The van der Waals surface area contributed by atoms with E-state index in [1.807, 2.05) is 0 Å². The van der Waals surface area contributed by atoms with Gasteiger partial charge in [-0.05, 0) is 26.7 Å². The highest BCUT2D eigenvalue weighted by Crippen LogP contribution is 2.07. The fourth-order valence-corrected chi connectivity index (χ4v) is 1.32. The van der Waals surface area contributed by atoms with E-state index in [4.69, 9.17) is 10.8 Å². The number of carboxylic acids is 1. The van der Waals surface area contributed by atoms with E-state index in [9.17, 15) is 14.4 Å². The zero-order chi connectivity index (χ0) is 15.1. The van der Waals surface area contributed by atoms with E-state index in [1.165, 1.54) is 7.11 Å². The Bertz CT molecular complexity index is 336. The molecule has 1 amide bonds. The maximum Gasteiger partial charge on any atom is 0.326 e. The minimum Gasteiger partial charge on any atom is -0.480 e. The Morgan fingerprint density at radius 1 is 1.32 bits per heavy atom. The summed E-state index contributed by atoms with van der Waals surface area (Å²) >= 11 is 0. The Kier molecular flexibility index (Phi) is 7.06. The molecule has 0 radical (unpaired) electrons. The molecule has 0 saturated carbocycles. The summed E-state index contributed by atoms with van der Waals surface area (Å²) in [5.41, 5.74) is 5.25. The van der Waals surface area contributed by atoms with Gasteiger partial charge >= 0.3 is 11.9 Å². The molecule has 7 heteroatoms. The molecule has 0 saturated heterocycles. The molecule has 0 aromatic carbocycles. The fraction of sp³-hybridized carbons (Fsp3) is 0.750. The number of hydrogen-bond donors (Lipinski definition) is 3. The van der Waals surface area contributed by atoms with Gasteiger partial charge in [0.1, 0.15) is 6.04 Å². The van der Waals surface area contributed by atoms with E-state index < -0.39 is 29.4 Å². The van der Waals surface area contributed by atoms with Crippen LogP contribution < -0.4 is 11.1 Å². The first kappa shape index (κ1) is 17.4. The molecule has 0 aromatic rings. The number of nitrogens with two attached hydrogens (primary N) is 1. The van der Waals surface area contributed by atoms with Crippen LogP contribution in [0.1, 0.15) is 39.5 Å². The Morgan fingerprint density at radius 3 is 2.32 bits per heavy atom. The van der Waals surface area contributed by atoms with E-state index in [0.717, 1.165) is 0 Å². The van der Waals surface area contributed by atoms with Crippen molar-refractivity contribution in [3.8, 4) is 0 Å². The van der Waals surface area contributed by atoms with Crippen LogP contribution in [0.5, 0.6) is 0 Å². The maximum absolute atomic E-state index is 11.6. The van der Waals surface area contributed by atoms with E-state index in [2.05, 4.69) is 10.1 Å². The van der Waals surface area contributed by atoms with Crippen molar-refractivity contribution in [3.63, 3.8) is 0 Å². The van der Waals surface area contributed by atoms with Crippen molar-refractivity contribution in [3.05, 3.63) is 0 Å². The predicted octanol–water partition coefficient (Wildman–Crippen LogP) is 0.0265. The van der Waals surface area contributed by atoms with Crippen LogP contribution in [0.2, 0.25) is 0 Å². The summed E-state index contributed by atoms with van der Waals surface area (Å²) in [5.74, 6) is -2.08. The Labute approximate surface area is 112 Å². The molecule has 0 bridgehead atoms. The number of ether oxygens (including phenoxy) is 1. The van der Waals surface area contributed by atoms with Gasteiger partial charge in [0.15, 0.2) is 0 Å². The molecular formula is C12H22N2O5. The molecule has 0 aliphatic carbocycles. The molecule has 0 aromatic heterocycles. The molecule has 0 aliphatic heterocycles. The SMILES string of the molecule is COC(=O)CC[C@@H](NC(=O)CCC(C)(C)N)C(=O)O. The van der Waals surface area contributed by atoms with Crippen LogP contribution in [0.4, 0.5) is 0 Å². The number of hydrogen-bond acceptors (Lipinski definition) is 5. The van der Waals surface area contributed by atoms with Crippen molar-refractivity contribution in [2.24, 2.45) is 5.73 Å². The monoisotopic (exact) mass is 274 g/mol. The molecule has 7 nitrogen and oxygen atoms in total.